The van der Waals surface area contributed by atoms with E-state index in [1.165, 1.54) is 9.26 Å². The molecular weight excluding hydrogens is 349 g/mol. The Hall–Kier alpha value is -0.0000000000000000763. The van der Waals surface area contributed by atoms with E-state index in [1.54, 1.807) is 0 Å². The summed E-state index contributed by atoms with van der Waals surface area (Å²) in [6, 6.07) is 6.49. The van der Waals surface area contributed by atoms with E-state index < -0.39 is 0 Å². The van der Waals surface area contributed by atoms with Gasteiger partial charge in [-0.15, -0.1) is 0 Å². The average Bonchev–Trinajstić information content (AvgIpc) is 2.33. The van der Waals surface area contributed by atoms with Crippen LogP contribution < -0.4 is 5.32 Å². The highest BCUT2D eigenvalue weighted by Gasteiger charge is 2.21. The summed E-state index contributed by atoms with van der Waals surface area (Å²) in [5.41, 5.74) is 1.18. The zero-order chi connectivity index (χ0) is 12.3. The SMILES string of the molecule is CCC1CC(Nc2ccc(Cl)cc2I)CCO1. The lowest BCUT2D eigenvalue weighted by atomic mass is 10.0. The molecule has 0 bridgehead atoms. The van der Waals surface area contributed by atoms with Crippen LogP contribution in [0.5, 0.6) is 0 Å². The first-order chi connectivity index (χ1) is 8.19. The minimum atomic E-state index is 0.409. The number of ether oxygens (including phenoxy) is 1. The summed E-state index contributed by atoms with van der Waals surface area (Å²) >= 11 is 8.27. The quantitative estimate of drug-likeness (QED) is 0.806. The largest absolute Gasteiger partial charge is 0.381 e. The molecule has 2 rings (SSSR count). The molecule has 0 aromatic heterocycles. The molecule has 1 aliphatic rings. The number of hydrogen-bond donors (Lipinski definition) is 1. The van der Waals surface area contributed by atoms with Crippen LogP contribution in [-0.4, -0.2) is 18.8 Å². The molecule has 17 heavy (non-hydrogen) atoms. The van der Waals surface area contributed by atoms with Crippen LogP contribution in [0, 0.1) is 3.57 Å². The van der Waals surface area contributed by atoms with Crippen molar-refractivity contribution < 1.29 is 4.74 Å². The molecule has 0 saturated carbocycles. The smallest absolute Gasteiger partial charge is 0.0592 e. The maximum Gasteiger partial charge on any atom is 0.0592 e. The summed E-state index contributed by atoms with van der Waals surface area (Å²) in [7, 11) is 0. The molecule has 0 radical (unpaired) electrons. The normalized spacial score (nSPS) is 24.6. The van der Waals surface area contributed by atoms with Gasteiger partial charge in [0, 0.05) is 26.9 Å². The third-order valence-electron chi connectivity index (χ3n) is 3.11. The predicted octanol–water partition coefficient (Wildman–Crippen LogP) is 4.31. The number of anilines is 1. The lowest BCUT2D eigenvalue weighted by molar-refractivity contribution is 0.00925. The number of halogens is 2. The highest BCUT2D eigenvalue weighted by Crippen LogP contribution is 2.26. The zero-order valence-corrected chi connectivity index (χ0v) is 12.8. The molecule has 2 nitrogen and oxygen atoms in total. The summed E-state index contributed by atoms with van der Waals surface area (Å²) in [4.78, 5) is 0. The summed E-state index contributed by atoms with van der Waals surface area (Å²) in [6.45, 7) is 3.04. The van der Waals surface area contributed by atoms with Crippen LogP contribution in [0.2, 0.25) is 5.02 Å². The third-order valence-corrected chi connectivity index (χ3v) is 4.24. The van der Waals surface area contributed by atoms with E-state index in [2.05, 4.69) is 40.9 Å². The minimum Gasteiger partial charge on any atom is -0.381 e. The molecule has 2 unspecified atom stereocenters. The van der Waals surface area contributed by atoms with Gasteiger partial charge in [0.1, 0.15) is 0 Å². The van der Waals surface area contributed by atoms with Gasteiger partial charge in [-0.1, -0.05) is 18.5 Å². The van der Waals surface area contributed by atoms with Crippen molar-refractivity contribution in [1.82, 2.24) is 0 Å². The molecule has 1 fully saturated rings. The van der Waals surface area contributed by atoms with Crippen molar-refractivity contribution in [3.8, 4) is 0 Å². The maximum absolute atomic E-state index is 5.95. The van der Waals surface area contributed by atoms with Gasteiger partial charge in [-0.3, -0.25) is 0 Å². The minimum absolute atomic E-state index is 0.409. The maximum atomic E-state index is 5.95. The second-order valence-electron chi connectivity index (χ2n) is 4.39. The van der Waals surface area contributed by atoms with Crippen LogP contribution in [0.25, 0.3) is 0 Å². The molecule has 1 aromatic carbocycles. The Balaban J connectivity index is 2.00. The fourth-order valence-electron chi connectivity index (χ4n) is 2.12. The molecule has 94 valence electrons. The zero-order valence-electron chi connectivity index (χ0n) is 9.88. The van der Waals surface area contributed by atoms with E-state index in [-0.39, 0.29) is 0 Å². The van der Waals surface area contributed by atoms with Crippen LogP contribution in [0.15, 0.2) is 18.2 Å². The van der Waals surface area contributed by atoms with Gasteiger partial charge >= 0.3 is 0 Å². The van der Waals surface area contributed by atoms with Gasteiger partial charge in [0.25, 0.3) is 0 Å². The first kappa shape index (κ1) is 13.4. The molecule has 1 heterocycles. The lowest BCUT2D eigenvalue weighted by Crippen LogP contribution is -2.33. The molecule has 2 atom stereocenters. The van der Waals surface area contributed by atoms with E-state index in [1.807, 2.05) is 12.1 Å². The Morgan fingerprint density at radius 1 is 1.53 bits per heavy atom. The number of nitrogens with one attached hydrogen (secondary N) is 1. The van der Waals surface area contributed by atoms with Crippen LogP contribution in [0.1, 0.15) is 26.2 Å². The molecule has 1 N–H and O–H groups in total. The van der Waals surface area contributed by atoms with Gasteiger partial charge in [0.05, 0.1) is 6.10 Å². The standard InChI is InChI=1S/C13H17ClINO/c1-2-11-8-10(5-6-17-11)16-13-4-3-9(14)7-12(13)15/h3-4,7,10-11,16H,2,5-6,8H2,1H3. The first-order valence-electron chi connectivity index (χ1n) is 6.02. The van der Waals surface area contributed by atoms with Crippen LogP contribution in [-0.2, 0) is 4.74 Å². The van der Waals surface area contributed by atoms with Crippen molar-refractivity contribution in [3.63, 3.8) is 0 Å². The van der Waals surface area contributed by atoms with Crippen molar-refractivity contribution >= 4 is 39.9 Å². The summed E-state index contributed by atoms with van der Waals surface area (Å²) in [6.07, 6.45) is 3.67. The van der Waals surface area contributed by atoms with Gasteiger partial charge in [-0.05, 0) is 60.1 Å². The Bertz CT molecular complexity index is 386. The topological polar surface area (TPSA) is 21.3 Å². The first-order valence-corrected chi connectivity index (χ1v) is 7.48. The highest BCUT2D eigenvalue weighted by atomic mass is 127. The van der Waals surface area contributed by atoms with Gasteiger partial charge in [0.2, 0.25) is 0 Å². The summed E-state index contributed by atoms with van der Waals surface area (Å²) < 4.78 is 6.86. The van der Waals surface area contributed by atoms with E-state index in [9.17, 15) is 0 Å². The second-order valence-corrected chi connectivity index (χ2v) is 5.99. The molecule has 1 saturated heterocycles. The summed E-state index contributed by atoms with van der Waals surface area (Å²) in [5.74, 6) is 0. The molecular formula is C13H17ClINO. The average molecular weight is 366 g/mol. The third kappa shape index (κ3) is 3.73. The Kier molecular flexibility index (Phi) is 4.94. The van der Waals surface area contributed by atoms with Crippen molar-refractivity contribution in [3.05, 3.63) is 26.8 Å². The fourth-order valence-corrected chi connectivity index (χ4v) is 3.15. The van der Waals surface area contributed by atoms with Crippen LogP contribution >= 0.6 is 34.2 Å². The monoisotopic (exact) mass is 365 g/mol. The number of rotatable bonds is 3. The van der Waals surface area contributed by atoms with Crippen molar-refractivity contribution in [2.45, 2.75) is 38.3 Å². The molecule has 0 amide bonds. The molecule has 1 aromatic rings. The summed E-state index contributed by atoms with van der Waals surface area (Å²) in [5, 5.41) is 4.38. The van der Waals surface area contributed by atoms with E-state index in [0.717, 1.165) is 30.9 Å². The fraction of sp³-hybridized carbons (Fsp3) is 0.538. The van der Waals surface area contributed by atoms with Crippen LogP contribution in [0.4, 0.5) is 5.69 Å². The molecule has 0 spiro atoms. The Morgan fingerprint density at radius 2 is 2.35 bits per heavy atom. The van der Waals surface area contributed by atoms with Gasteiger partial charge in [-0.2, -0.15) is 0 Å². The van der Waals surface area contributed by atoms with E-state index in [0.29, 0.717) is 12.1 Å². The molecule has 0 aliphatic carbocycles. The van der Waals surface area contributed by atoms with Gasteiger partial charge in [-0.25, -0.2) is 0 Å². The Morgan fingerprint density at radius 3 is 3.06 bits per heavy atom. The van der Waals surface area contributed by atoms with E-state index in [4.69, 9.17) is 16.3 Å². The Labute approximate surface area is 121 Å². The van der Waals surface area contributed by atoms with E-state index >= 15 is 0 Å². The number of benzene rings is 1. The molecule has 4 heteroatoms. The van der Waals surface area contributed by atoms with Crippen molar-refractivity contribution in [1.29, 1.82) is 0 Å². The predicted molar refractivity (Wildman–Crippen MR) is 80.8 cm³/mol. The van der Waals surface area contributed by atoms with Crippen LogP contribution in [0.3, 0.4) is 0 Å². The van der Waals surface area contributed by atoms with Gasteiger partial charge < -0.3 is 10.1 Å². The van der Waals surface area contributed by atoms with Crippen molar-refractivity contribution in [2.24, 2.45) is 0 Å². The van der Waals surface area contributed by atoms with Gasteiger partial charge in [0.15, 0.2) is 0 Å². The lowest BCUT2D eigenvalue weighted by Gasteiger charge is -2.30. The molecule has 1 aliphatic heterocycles. The number of hydrogen-bond acceptors (Lipinski definition) is 2. The highest BCUT2D eigenvalue weighted by molar-refractivity contribution is 14.1. The second kappa shape index (κ2) is 6.25. The van der Waals surface area contributed by atoms with Crippen molar-refractivity contribution in [2.75, 3.05) is 11.9 Å².